The molecule has 2 aromatic rings. The number of carboxylic acid groups (broad SMARTS) is 1. The van der Waals surface area contributed by atoms with Crippen LogP contribution in [0.3, 0.4) is 0 Å². The first-order chi connectivity index (χ1) is 11.0. The van der Waals surface area contributed by atoms with E-state index in [0.717, 1.165) is 6.42 Å². The maximum Gasteiger partial charge on any atom is 0.344 e. The van der Waals surface area contributed by atoms with Gasteiger partial charge in [-0.05, 0) is 48.9 Å². The van der Waals surface area contributed by atoms with E-state index in [1.54, 1.807) is 42.5 Å². The normalized spacial score (nSPS) is 11.8. The lowest BCUT2D eigenvalue weighted by atomic mass is 10.2. The van der Waals surface area contributed by atoms with E-state index in [2.05, 4.69) is 0 Å². The fourth-order valence-corrected chi connectivity index (χ4v) is 2.38. The molecule has 4 nitrogen and oxygen atoms in total. The monoisotopic (exact) mass is 354 g/mol. The van der Waals surface area contributed by atoms with Gasteiger partial charge < -0.3 is 14.6 Å². The second kappa shape index (κ2) is 8.09. The van der Waals surface area contributed by atoms with Gasteiger partial charge in [-0.2, -0.15) is 0 Å². The van der Waals surface area contributed by atoms with E-state index >= 15 is 0 Å². The van der Waals surface area contributed by atoms with Gasteiger partial charge in [-0.1, -0.05) is 36.5 Å². The Balaban J connectivity index is 2.05. The molecule has 1 unspecified atom stereocenters. The van der Waals surface area contributed by atoms with Gasteiger partial charge in [0.15, 0.2) is 6.10 Å². The minimum absolute atomic E-state index is 0.409. The molecule has 1 N–H and O–H groups in total. The summed E-state index contributed by atoms with van der Waals surface area (Å²) in [5.41, 5.74) is 0. The van der Waals surface area contributed by atoms with Gasteiger partial charge in [0.2, 0.25) is 0 Å². The third kappa shape index (κ3) is 5.05. The quantitative estimate of drug-likeness (QED) is 0.721. The van der Waals surface area contributed by atoms with Crippen LogP contribution in [0.1, 0.15) is 19.8 Å². The van der Waals surface area contributed by atoms with E-state index in [4.69, 9.17) is 37.8 Å². The van der Waals surface area contributed by atoms with Crippen molar-refractivity contribution in [2.24, 2.45) is 0 Å². The zero-order valence-corrected chi connectivity index (χ0v) is 14.0. The molecule has 1 atom stereocenters. The molecule has 0 fully saturated rings. The Morgan fingerprint density at radius 3 is 2.35 bits per heavy atom. The number of hydrogen-bond donors (Lipinski definition) is 1. The highest BCUT2D eigenvalue weighted by Crippen LogP contribution is 2.32. The number of carboxylic acids is 1. The summed E-state index contributed by atoms with van der Waals surface area (Å²) in [6, 6.07) is 11.6. The molecular formula is C17H16Cl2O4. The number of carbonyl (C=O) groups is 1. The van der Waals surface area contributed by atoms with Crippen LogP contribution < -0.4 is 9.47 Å². The summed E-state index contributed by atoms with van der Waals surface area (Å²) >= 11 is 11.9. The molecule has 23 heavy (non-hydrogen) atoms. The summed E-state index contributed by atoms with van der Waals surface area (Å²) < 4.78 is 11.1. The summed E-state index contributed by atoms with van der Waals surface area (Å²) in [4.78, 5) is 11.1. The Bertz CT molecular complexity index is 671. The summed E-state index contributed by atoms with van der Waals surface area (Å²) in [7, 11) is 0. The van der Waals surface area contributed by atoms with Crippen molar-refractivity contribution < 1.29 is 19.4 Å². The Kier molecular flexibility index (Phi) is 6.13. The van der Waals surface area contributed by atoms with Crippen molar-refractivity contribution in [2.45, 2.75) is 25.9 Å². The fourth-order valence-electron chi connectivity index (χ4n) is 1.93. The Hall–Kier alpha value is -1.91. The van der Waals surface area contributed by atoms with Crippen LogP contribution >= 0.6 is 23.2 Å². The third-order valence-electron chi connectivity index (χ3n) is 3.05. The van der Waals surface area contributed by atoms with Gasteiger partial charge in [-0.3, -0.25) is 0 Å². The molecule has 0 aliphatic carbocycles. The van der Waals surface area contributed by atoms with Crippen LogP contribution in [-0.2, 0) is 4.79 Å². The van der Waals surface area contributed by atoms with Crippen molar-refractivity contribution in [2.75, 3.05) is 0 Å². The highest BCUT2D eigenvalue weighted by atomic mass is 35.5. The van der Waals surface area contributed by atoms with Gasteiger partial charge in [0.25, 0.3) is 0 Å². The molecule has 0 aromatic heterocycles. The second-order valence-electron chi connectivity index (χ2n) is 4.88. The van der Waals surface area contributed by atoms with Crippen molar-refractivity contribution in [3.63, 3.8) is 0 Å². The van der Waals surface area contributed by atoms with E-state index in [1.807, 2.05) is 6.92 Å². The summed E-state index contributed by atoms with van der Waals surface area (Å²) in [5, 5.41) is 10.0. The van der Waals surface area contributed by atoms with E-state index in [0.29, 0.717) is 33.7 Å². The number of aliphatic carboxylic acids is 1. The van der Waals surface area contributed by atoms with E-state index in [9.17, 15) is 4.79 Å². The Morgan fingerprint density at radius 1 is 1.13 bits per heavy atom. The van der Waals surface area contributed by atoms with Crippen molar-refractivity contribution >= 4 is 29.2 Å². The highest BCUT2D eigenvalue weighted by molar-refractivity contribution is 6.35. The average Bonchev–Trinajstić information content (AvgIpc) is 2.51. The SMILES string of the molecule is CCCC(Oc1ccc(Oc2ccc(Cl)cc2Cl)cc1)C(=O)O. The summed E-state index contributed by atoms with van der Waals surface area (Å²) in [5.74, 6) is 0.545. The molecule has 122 valence electrons. The van der Waals surface area contributed by atoms with E-state index in [1.165, 1.54) is 0 Å². The van der Waals surface area contributed by atoms with Gasteiger partial charge in [-0.15, -0.1) is 0 Å². The molecule has 6 heteroatoms. The highest BCUT2D eigenvalue weighted by Gasteiger charge is 2.18. The standard InChI is InChI=1S/C17H16Cl2O4/c1-2-3-16(17(20)21)23-13-7-5-12(6-8-13)22-15-9-4-11(18)10-14(15)19/h4-10,16H,2-3H2,1H3,(H,20,21). The summed E-state index contributed by atoms with van der Waals surface area (Å²) in [6.45, 7) is 1.91. The first kappa shape index (κ1) is 17.4. The molecule has 0 amide bonds. The molecule has 2 rings (SSSR count). The molecule has 0 spiro atoms. The lowest BCUT2D eigenvalue weighted by Gasteiger charge is -2.14. The number of benzene rings is 2. The van der Waals surface area contributed by atoms with Crippen LogP contribution in [-0.4, -0.2) is 17.2 Å². The molecule has 0 radical (unpaired) electrons. The lowest BCUT2D eigenvalue weighted by Crippen LogP contribution is -2.26. The lowest BCUT2D eigenvalue weighted by molar-refractivity contribution is -0.145. The number of halogens is 2. The maximum absolute atomic E-state index is 11.1. The predicted molar refractivity (Wildman–Crippen MR) is 89.9 cm³/mol. The summed E-state index contributed by atoms with van der Waals surface area (Å²) in [6.07, 6.45) is 0.332. The molecular weight excluding hydrogens is 339 g/mol. The topological polar surface area (TPSA) is 55.8 Å². The van der Waals surface area contributed by atoms with Crippen molar-refractivity contribution in [1.82, 2.24) is 0 Å². The van der Waals surface area contributed by atoms with Crippen molar-refractivity contribution in [1.29, 1.82) is 0 Å². The van der Waals surface area contributed by atoms with Crippen LogP contribution in [0.5, 0.6) is 17.2 Å². The van der Waals surface area contributed by atoms with Crippen LogP contribution in [0.4, 0.5) is 0 Å². The number of hydrogen-bond acceptors (Lipinski definition) is 3. The Labute approximate surface area is 144 Å². The minimum atomic E-state index is -0.972. The predicted octanol–water partition coefficient (Wildman–Crippen LogP) is 5.42. The number of ether oxygens (including phenoxy) is 2. The molecule has 0 saturated heterocycles. The molecule has 0 saturated carbocycles. The van der Waals surface area contributed by atoms with Gasteiger partial charge in [0, 0.05) is 5.02 Å². The number of rotatable bonds is 7. The molecule has 0 heterocycles. The van der Waals surface area contributed by atoms with Crippen LogP contribution in [0.2, 0.25) is 10.0 Å². The zero-order chi connectivity index (χ0) is 16.8. The Morgan fingerprint density at radius 2 is 1.78 bits per heavy atom. The van der Waals surface area contributed by atoms with Crippen molar-refractivity contribution in [3.05, 3.63) is 52.5 Å². The molecule has 2 aromatic carbocycles. The average molecular weight is 355 g/mol. The van der Waals surface area contributed by atoms with E-state index < -0.39 is 12.1 Å². The van der Waals surface area contributed by atoms with Crippen LogP contribution in [0.15, 0.2) is 42.5 Å². The maximum atomic E-state index is 11.1. The van der Waals surface area contributed by atoms with Gasteiger partial charge in [-0.25, -0.2) is 4.79 Å². The molecule has 0 aliphatic rings. The first-order valence-corrected chi connectivity index (χ1v) is 7.87. The van der Waals surface area contributed by atoms with Gasteiger partial charge in [0.1, 0.15) is 17.2 Å². The van der Waals surface area contributed by atoms with Crippen molar-refractivity contribution in [3.8, 4) is 17.2 Å². The smallest absolute Gasteiger partial charge is 0.344 e. The fraction of sp³-hybridized carbons (Fsp3) is 0.235. The van der Waals surface area contributed by atoms with E-state index in [-0.39, 0.29) is 0 Å². The van der Waals surface area contributed by atoms with Gasteiger partial charge >= 0.3 is 5.97 Å². The zero-order valence-electron chi connectivity index (χ0n) is 12.5. The third-order valence-corrected chi connectivity index (χ3v) is 3.58. The first-order valence-electron chi connectivity index (χ1n) is 7.12. The molecule has 0 aliphatic heterocycles. The molecule has 0 bridgehead atoms. The van der Waals surface area contributed by atoms with Gasteiger partial charge in [0.05, 0.1) is 5.02 Å². The van der Waals surface area contributed by atoms with Crippen LogP contribution in [0.25, 0.3) is 0 Å². The van der Waals surface area contributed by atoms with Crippen LogP contribution in [0, 0.1) is 0 Å². The largest absolute Gasteiger partial charge is 0.479 e. The minimum Gasteiger partial charge on any atom is -0.479 e. The second-order valence-corrected chi connectivity index (χ2v) is 5.73.